The Hall–Kier alpha value is -0.960. The molecule has 0 aromatic heterocycles. The van der Waals surface area contributed by atoms with Crippen LogP contribution in [0.5, 0.6) is 0 Å². The van der Waals surface area contributed by atoms with Crippen LogP contribution in [0.25, 0.3) is 0 Å². The van der Waals surface area contributed by atoms with Gasteiger partial charge in [0.2, 0.25) is 0 Å². The van der Waals surface area contributed by atoms with Crippen LogP contribution in [0.15, 0.2) is 23.3 Å². The number of hydrogen-bond donors (Lipinski definition) is 0. The van der Waals surface area contributed by atoms with E-state index < -0.39 is 0 Å². The first-order valence-electron chi connectivity index (χ1n) is 6.20. The summed E-state index contributed by atoms with van der Waals surface area (Å²) >= 11 is 0. The van der Waals surface area contributed by atoms with E-state index in [2.05, 4.69) is 58.6 Å². The highest BCUT2D eigenvalue weighted by Gasteiger charge is 2.36. The molecule has 16 heavy (non-hydrogen) atoms. The fourth-order valence-corrected chi connectivity index (χ4v) is 2.21. The number of rotatable bonds is 0. The maximum atomic E-state index is 3.46. The number of allylic oxidation sites excluding steroid dienone is 4. The van der Waals surface area contributed by atoms with Crippen LogP contribution in [0.1, 0.15) is 48.0 Å². The van der Waals surface area contributed by atoms with Crippen LogP contribution in [-0.2, 0) is 0 Å². The maximum absolute atomic E-state index is 3.46. The summed E-state index contributed by atoms with van der Waals surface area (Å²) in [5.74, 6) is 7.85. The zero-order valence-electron chi connectivity index (χ0n) is 11.5. The fraction of sp³-hybridized carbons (Fsp3) is 0.625. The third-order valence-electron chi connectivity index (χ3n) is 4.11. The highest BCUT2D eigenvalue weighted by atomic mass is 14.4. The van der Waals surface area contributed by atoms with Crippen molar-refractivity contribution in [2.75, 3.05) is 0 Å². The number of hydrogen-bond acceptors (Lipinski definition) is 0. The SMILES string of the molecule is CC=C(C)C#CC1C(C)=CCC(C)C1(C)C. The molecule has 2 unspecified atom stereocenters. The van der Waals surface area contributed by atoms with Gasteiger partial charge in [-0.3, -0.25) is 0 Å². The van der Waals surface area contributed by atoms with Crippen molar-refractivity contribution in [1.29, 1.82) is 0 Å². The molecule has 1 aliphatic carbocycles. The predicted octanol–water partition coefficient (Wildman–Crippen LogP) is 4.58. The first kappa shape index (κ1) is 13.1. The van der Waals surface area contributed by atoms with Crippen LogP contribution >= 0.6 is 0 Å². The molecule has 1 aliphatic rings. The Labute approximate surface area is 101 Å². The van der Waals surface area contributed by atoms with Gasteiger partial charge in [-0.05, 0) is 44.1 Å². The first-order chi connectivity index (χ1) is 7.39. The minimum Gasteiger partial charge on any atom is -0.0898 e. The zero-order valence-corrected chi connectivity index (χ0v) is 11.5. The summed E-state index contributed by atoms with van der Waals surface area (Å²) in [6.45, 7) is 13.4. The van der Waals surface area contributed by atoms with Crippen LogP contribution in [0, 0.1) is 29.1 Å². The third-order valence-corrected chi connectivity index (χ3v) is 4.11. The molecule has 0 aromatic rings. The van der Waals surface area contributed by atoms with Crippen LogP contribution in [0.4, 0.5) is 0 Å². The molecule has 0 bridgehead atoms. The maximum Gasteiger partial charge on any atom is 0.0466 e. The average molecular weight is 216 g/mol. The molecule has 0 aliphatic heterocycles. The summed E-state index contributed by atoms with van der Waals surface area (Å²) < 4.78 is 0. The molecule has 1 rings (SSSR count). The van der Waals surface area contributed by atoms with Crippen molar-refractivity contribution >= 4 is 0 Å². The van der Waals surface area contributed by atoms with Crippen molar-refractivity contribution in [1.82, 2.24) is 0 Å². The largest absolute Gasteiger partial charge is 0.0898 e. The van der Waals surface area contributed by atoms with Gasteiger partial charge in [-0.1, -0.05) is 50.3 Å². The van der Waals surface area contributed by atoms with E-state index in [0.29, 0.717) is 17.3 Å². The Kier molecular flexibility index (Phi) is 4.03. The molecular weight excluding hydrogens is 192 g/mol. The smallest absolute Gasteiger partial charge is 0.0466 e. The van der Waals surface area contributed by atoms with Gasteiger partial charge in [-0.15, -0.1) is 0 Å². The lowest BCUT2D eigenvalue weighted by molar-refractivity contribution is 0.174. The van der Waals surface area contributed by atoms with Crippen LogP contribution in [-0.4, -0.2) is 0 Å². The third kappa shape index (κ3) is 2.59. The van der Waals surface area contributed by atoms with Crippen LogP contribution in [0.2, 0.25) is 0 Å². The normalized spacial score (nSPS) is 29.1. The van der Waals surface area contributed by atoms with E-state index in [1.54, 1.807) is 0 Å². The van der Waals surface area contributed by atoms with E-state index >= 15 is 0 Å². The van der Waals surface area contributed by atoms with Gasteiger partial charge in [0, 0.05) is 5.92 Å². The first-order valence-corrected chi connectivity index (χ1v) is 6.20. The quantitative estimate of drug-likeness (QED) is 0.410. The minimum absolute atomic E-state index is 0.292. The zero-order chi connectivity index (χ0) is 12.3. The van der Waals surface area contributed by atoms with Gasteiger partial charge in [0.1, 0.15) is 0 Å². The van der Waals surface area contributed by atoms with Crippen LogP contribution in [0.3, 0.4) is 0 Å². The summed E-state index contributed by atoms with van der Waals surface area (Å²) in [4.78, 5) is 0. The molecule has 0 saturated heterocycles. The Morgan fingerprint density at radius 1 is 1.50 bits per heavy atom. The lowest BCUT2D eigenvalue weighted by atomic mass is 9.63. The summed E-state index contributed by atoms with van der Waals surface area (Å²) in [5.41, 5.74) is 2.90. The van der Waals surface area contributed by atoms with Gasteiger partial charge < -0.3 is 0 Å². The van der Waals surface area contributed by atoms with Gasteiger partial charge in [-0.2, -0.15) is 0 Å². The topological polar surface area (TPSA) is 0 Å². The molecule has 0 amide bonds. The molecule has 0 aromatic carbocycles. The fourth-order valence-electron chi connectivity index (χ4n) is 2.21. The minimum atomic E-state index is 0.292. The predicted molar refractivity (Wildman–Crippen MR) is 72.0 cm³/mol. The Morgan fingerprint density at radius 3 is 2.69 bits per heavy atom. The average Bonchev–Trinajstić information content (AvgIpc) is 2.23. The van der Waals surface area contributed by atoms with E-state index in [1.165, 1.54) is 17.6 Å². The van der Waals surface area contributed by atoms with Crippen molar-refractivity contribution in [2.24, 2.45) is 17.3 Å². The summed E-state index contributed by atoms with van der Waals surface area (Å²) in [6.07, 6.45) is 5.63. The molecule has 0 fully saturated rings. The van der Waals surface area contributed by atoms with E-state index in [-0.39, 0.29) is 0 Å². The molecule has 0 saturated carbocycles. The molecule has 0 spiro atoms. The van der Waals surface area contributed by atoms with Crippen molar-refractivity contribution < 1.29 is 0 Å². The summed E-state index contributed by atoms with van der Waals surface area (Å²) in [5, 5.41) is 0. The van der Waals surface area contributed by atoms with Gasteiger partial charge in [0.05, 0.1) is 0 Å². The second-order valence-electron chi connectivity index (χ2n) is 5.58. The summed E-state index contributed by atoms with van der Waals surface area (Å²) in [6, 6.07) is 0. The molecule has 0 N–H and O–H groups in total. The van der Waals surface area contributed by atoms with Crippen LogP contribution < -0.4 is 0 Å². The standard InChI is InChI=1S/C16H24/c1-7-12(2)8-11-15-13(3)9-10-14(4)16(15,5)6/h7,9,14-15H,10H2,1-6H3. The molecule has 0 radical (unpaired) electrons. The Bertz CT molecular complexity index is 369. The van der Waals surface area contributed by atoms with Crippen molar-refractivity contribution in [3.63, 3.8) is 0 Å². The molecule has 88 valence electrons. The van der Waals surface area contributed by atoms with Crippen molar-refractivity contribution in [3.8, 4) is 11.8 Å². The second kappa shape index (κ2) is 4.91. The van der Waals surface area contributed by atoms with Crippen molar-refractivity contribution in [2.45, 2.75) is 48.0 Å². The highest BCUT2D eigenvalue weighted by Crippen LogP contribution is 2.44. The molecule has 0 heterocycles. The lowest BCUT2D eigenvalue weighted by Crippen LogP contribution is -2.33. The molecule has 2 atom stereocenters. The van der Waals surface area contributed by atoms with Crippen molar-refractivity contribution in [3.05, 3.63) is 23.3 Å². The Balaban J connectivity index is 3.03. The van der Waals surface area contributed by atoms with Gasteiger partial charge in [0.25, 0.3) is 0 Å². The Morgan fingerprint density at radius 2 is 2.12 bits per heavy atom. The van der Waals surface area contributed by atoms with E-state index in [4.69, 9.17) is 0 Å². The van der Waals surface area contributed by atoms with Gasteiger partial charge >= 0.3 is 0 Å². The monoisotopic (exact) mass is 216 g/mol. The van der Waals surface area contributed by atoms with Gasteiger partial charge in [0.15, 0.2) is 0 Å². The summed E-state index contributed by atoms with van der Waals surface area (Å²) in [7, 11) is 0. The van der Waals surface area contributed by atoms with E-state index in [0.717, 1.165) is 0 Å². The molecule has 0 heteroatoms. The molecular formula is C16H24. The van der Waals surface area contributed by atoms with E-state index in [1.807, 2.05) is 6.92 Å². The molecule has 0 nitrogen and oxygen atoms in total. The lowest BCUT2D eigenvalue weighted by Gasteiger charge is -2.40. The van der Waals surface area contributed by atoms with E-state index in [9.17, 15) is 0 Å². The van der Waals surface area contributed by atoms with Gasteiger partial charge in [-0.25, -0.2) is 0 Å². The highest BCUT2D eigenvalue weighted by molar-refractivity contribution is 5.32. The second-order valence-corrected chi connectivity index (χ2v) is 5.58.